The summed E-state index contributed by atoms with van der Waals surface area (Å²) in [5.41, 5.74) is 0. The maximum Gasteiger partial charge on any atom is 0.216 e. The van der Waals surface area contributed by atoms with Gasteiger partial charge in [0.15, 0.2) is 9.84 Å². The van der Waals surface area contributed by atoms with Crippen molar-refractivity contribution in [2.75, 3.05) is 24.6 Å². The molecule has 2 heterocycles. The summed E-state index contributed by atoms with van der Waals surface area (Å²) in [5.74, 6) is 0.0233. The van der Waals surface area contributed by atoms with E-state index in [2.05, 4.69) is 10.0 Å². The molecule has 2 unspecified atom stereocenters. The molecule has 0 radical (unpaired) electrons. The zero-order valence-electron chi connectivity index (χ0n) is 9.55. The minimum atomic E-state index is -3.39. The highest BCUT2D eigenvalue weighted by Crippen LogP contribution is 2.16. The van der Waals surface area contributed by atoms with E-state index >= 15 is 0 Å². The molecule has 0 aromatic carbocycles. The topological polar surface area (TPSA) is 92.3 Å². The van der Waals surface area contributed by atoms with Gasteiger partial charge in [-0.1, -0.05) is 0 Å². The van der Waals surface area contributed by atoms with E-state index in [1.165, 1.54) is 0 Å². The second-order valence-electron chi connectivity index (χ2n) is 4.73. The van der Waals surface area contributed by atoms with Gasteiger partial charge in [0.1, 0.15) is 0 Å². The Balaban J connectivity index is 1.98. The molecule has 0 aromatic heterocycles. The van der Waals surface area contributed by atoms with Crippen molar-refractivity contribution in [1.29, 1.82) is 0 Å². The molecule has 2 saturated heterocycles. The average Bonchev–Trinajstić information content (AvgIpc) is 2.58. The molecule has 6 nitrogen and oxygen atoms in total. The molecule has 2 fully saturated rings. The molecule has 0 bridgehead atoms. The van der Waals surface area contributed by atoms with Crippen LogP contribution in [0.15, 0.2) is 0 Å². The van der Waals surface area contributed by atoms with E-state index in [4.69, 9.17) is 0 Å². The molecule has 2 atom stereocenters. The quantitative estimate of drug-likeness (QED) is 0.681. The lowest BCUT2D eigenvalue weighted by molar-refractivity contribution is 0.484. The van der Waals surface area contributed by atoms with Gasteiger partial charge in [0.25, 0.3) is 0 Å². The first-order chi connectivity index (χ1) is 7.89. The third-order valence-electron chi connectivity index (χ3n) is 3.25. The lowest BCUT2D eigenvalue weighted by Crippen LogP contribution is -2.47. The standard InChI is InChI=1S/C9H18N2O4S2/c12-16(13)5-3-8(7-16)11-17(14,15)9-2-1-4-10-6-9/h8-11H,1-7H2. The largest absolute Gasteiger partial charge is 0.315 e. The first kappa shape index (κ1) is 13.3. The van der Waals surface area contributed by atoms with Crippen molar-refractivity contribution in [1.82, 2.24) is 10.0 Å². The molecule has 8 heteroatoms. The normalized spacial score (nSPS) is 33.6. The van der Waals surface area contributed by atoms with E-state index in [1.807, 2.05) is 0 Å². The number of rotatable bonds is 3. The Hall–Kier alpha value is -0.180. The fourth-order valence-electron chi connectivity index (χ4n) is 2.30. The van der Waals surface area contributed by atoms with Crippen molar-refractivity contribution in [3.63, 3.8) is 0 Å². The molecule has 17 heavy (non-hydrogen) atoms. The van der Waals surface area contributed by atoms with Crippen molar-refractivity contribution in [2.45, 2.75) is 30.6 Å². The van der Waals surface area contributed by atoms with Crippen LogP contribution in [0, 0.1) is 0 Å². The van der Waals surface area contributed by atoms with Crippen LogP contribution in [-0.2, 0) is 19.9 Å². The fraction of sp³-hybridized carbons (Fsp3) is 1.00. The van der Waals surface area contributed by atoms with Gasteiger partial charge >= 0.3 is 0 Å². The van der Waals surface area contributed by atoms with Crippen molar-refractivity contribution in [3.8, 4) is 0 Å². The van der Waals surface area contributed by atoms with E-state index in [0.29, 0.717) is 19.4 Å². The van der Waals surface area contributed by atoms with Crippen LogP contribution in [0.1, 0.15) is 19.3 Å². The molecule has 0 aliphatic carbocycles. The molecule has 0 spiro atoms. The van der Waals surface area contributed by atoms with Crippen LogP contribution >= 0.6 is 0 Å². The van der Waals surface area contributed by atoms with Gasteiger partial charge in [0.05, 0.1) is 16.8 Å². The minimum absolute atomic E-state index is 0.0631. The molecule has 2 aliphatic rings. The number of sulfonamides is 1. The van der Waals surface area contributed by atoms with Crippen LogP contribution in [0.4, 0.5) is 0 Å². The third-order valence-corrected chi connectivity index (χ3v) is 6.96. The second-order valence-corrected chi connectivity index (χ2v) is 8.95. The Morgan fingerprint density at radius 3 is 2.53 bits per heavy atom. The van der Waals surface area contributed by atoms with Gasteiger partial charge in [-0.05, 0) is 25.8 Å². The Bertz CT molecular complexity index is 465. The molecule has 2 rings (SSSR count). The van der Waals surface area contributed by atoms with Crippen molar-refractivity contribution in [3.05, 3.63) is 0 Å². The maximum absolute atomic E-state index is 12.0. The molecule has 0 saturated carbocycles. The third kappa shape index (κ3) is 3.40. The van der Waals surface area contributed by atoms with Crippen LogP contribution < -0.4 is 10.0 Å². The fourth-order valence-corrected chi connectivity index (χ4v) is 5.75. The summed E-state index contributed by atoms with van der Waals surface area (Å²) >= 11 is 0. The summed E-state index contributed by atoms with van der Waals surface area (Å²) in [4.78, 5) is 0. The van der Waals surface area contributed by atoms with Crippen LogP contribution in [0.3, 0.4) is 0 Å². The van der Waals surface area contributed by atoms with Crippen molar-refractivity contribution in [2.24, 2.45) is 0 Å². The Morgan fingerprint density at radius 1 is 1.24 bits per heavy atom. The Morgan fingerprint density at radius 2 is 2.00 bits per heavy atom. The zero-order chi connectivity index (χ0) is 12.5. The van der Waals surface area contributed by atoms with Gasteiger partial charge in [0, 0.05) is 12.6 Å². The van der Waals surface area contributed by atoms with Crippen LogP contribution in [0.25, 0.3) is 0 Å². The van der Waals surface area contributed by atoms with Crippen molar-refractivity contribution < 1.29 is 16.8 Å². The maximum atomic E-state index is 12.0. The van der Waals surface area contributed by atoms with Gasteiger partial charge in [-0.15, -0.1) is 0 Å². The predicted octanol–water partition coefficient (Wildman–Crippen LogP) is -1.16. The number of nitrogens with one attached hydrogen (secondary N) is 2. The van der Waals surface area contributed by atoms with Gasteiger partial charge in [0.2, 0.25) is 10.0 Å². The average molecular weight is 282 g/mol. The minimum Gasteiger partial charge on any atom is -0.315 e. The Labute approximate surface area is 102 Å². The molecule has 100 valence electrons. The van der Waals surface area contributed by atoms with E-state index in [1.54, 1.807) is 0 Å². The van der Waals surface area contributed by atoms with Gasteiger partial charge in [-0.25, -0.2) is 21.6 Å². The first-order valence-corrected chi connectivity index (χ1v) is 9.18. The number of hydrogen-bond donors (Lipinski definition) is 2. The molecule has 0 amide bonds. The zero-order valence-corrected chi connectivity index (χ0v) is 11.2. The summed E-state index contributed by atoms with van der Waals surface area (Å²) in [6, 6.07) is -0.438. The van der Waals surface area contributed by atoms with Gasteiger partial charge < -0.3 is 5.32 Å². The SMILES string of the molecule is O=S1(=O)CCC(NS(=O)(=O)C2CCCNC2)C1. The highest BCUT2D eigenvalue weighted by molar-refractivity contribution is 7.92. The van der Waals surface area contributed by atoms with Crippen LogP contribution in [-0.4, -0.2) is 52.7 Å². The monoisotopic (exact) mass is 282 g/mol. The van der Waals surface area contributed by atoms with E-state index in [9.17, 15) is 16.8 Å². The lowest BCUT2D eigenvalue weighted by Gasteiger charge is -2.24. The predicted molar refractivity (Wildman–Crippen MR) is 65.0 cm³/mol. The summed E-state index contributed by atoms with van der Waals surface area (Å²) in [6.45, 7) is 1.30. The van der Waals surface area contributed by atoms with Crippen LogP contribution in [0.5, 0.6) is 0 Å². The highest BCUT2D eigenvalue weighted by Gasteiger charge is 2.34. The molecular weight excluding hydrogens is 264 g/mol. The smallest absolute Gasteiger partial charge is 0.216 e. The molecular formula is C9H18N2O4S2. The summed E-state index contributed by atoms with van der Waals surface area (Å²) in [6.07, 6.45) is 1.87. The van der Waals surface area contributed by atoms with Gasteiger partial charge in [-0.3, -0.25) is 0 Å². The van der Waals surface area contributed by atoms with E-state index in [0.717, 1.165) is 13.0 Å². The highest BCUT2D eigenvalue weighted by atomic mass is 32.2. The van der Waals surface area contributed by atoms with Gasteiger partial charge in [-0.2, -0.15) is 0 Å². The Kier molecular flexibility index (Phi) is 3.77. The number of piperidine rings is 1. The molecule has 2 aliphatic heterocycles. The summed E-state index contributed by atoms with van der Waals surface area (Å²) in [7, 11) is -6.44. The lowest BCUT2D eigenvalue weighted by atomic mass is 10.2. The molecule has 0 aromatic rings. The van der Waals surface area contributed by atoms with Crippen LogP contribution in [0.2, 0.25) is 0 Å². The van der Waals surface area contributed by atoms with E-state index in [-0.39, 0.29) is 11.5 Å². The van der Waals surface area contributed by atoms with E-state index < -0.39 is 31.2 Å². The summed E-state index contributed by atoms with van der Waals surface area (Å²) < 4.78 is 49.1. The summed E-state index contributed by atoms with van der Waals surface area (Å²) in [5, 5.41) is 2.61. The van der Waals surface area contributed by atoms with Crippen molar-refractivity contribution >= 4 is 19.9 Å². The number of sulfone groups is 1. The number of hydrogen-bond acceptors (Lipinski definition) is 5. The first-order valence-electron chi connectivity index (χ1n) is 5.81. The molecule has 2 N–H and O–H groups in total. The second kappa shape index (κ2) is 4.83.